The van der Waals surface area contributed by atoms with Crippen molar-refractivity contribution >= 4 is 11.6 Å². The Balaban J connectivity index is 3.15. The average molecular weight is 177 g/mol. The van der Waals surface area contributed by atoms with Gasteiger partial charge in [-0.3, -0.25) is 0 Å². The second-order valence-corrected chi connectivity index (χ2v) is 2.68. The van der Waals surface area contributed by atoms with E-state index in [-0.39, 0.29) is 6.42 Å². The molecule has 0 aliphatic heterocycles. The lowest BCUT2D eigenvalue weighted by Crippen LogP contribution is -1.87. The first-order valence-corrected chi connectivity index (χ1v) is 3.71. The van der Waals surface area contributed by atoms with Crippen molar-refractivity contribution in [1.82, 2.24) is 0 Å². The third-order valence-electron chi connectivity index (χ3n) is 1.46. The van der Waals surface area contributed by atoms with Gasteiger partial charge in [0, 0.05) is 5.02 Å². The molecule has 1 rings (SSSR count). The smallest absolute Gasteiger partial charge is 0.0995 e. The summed E-state index contributed by atoms with van der Waals surface area (Å²) >= 11 is 5.66. The van der Waals surface area contributed by atoms with Crippen molar-refractivity contribution in [2.75, 3.05) is 0 Å². The maximum absolute atomic E-state index is 8.65. The van der Waals surface area contributed by atoms with E-state index in [4.69, 9.17) is 22.1 Å². The molecule has 0 radical (unpaired) electrons. The number of halogens is 1. The molecule has 58 valence electrons. The van der Waals surface area contributed by atoms with Gasteiger partial charge in [-0.15, -0.1) is 0 Å². The summed E-state index contributed by atoms with van der Waals surface area (Å²) in [5, 5.41) is 17.6. The van der Waals surface area contributed by atoms with Gasteiger partial charge in [0.2, 0.25) is 0 Å². The van der Waals surface area contributed by atoms with Crippen molar-refractivity contribution in [1.29, 1.82) is 10.5 Å². The molecule has 1 aromatic rings. The van der Waals surface area contributed by atoms with E-state index < -0.39 is 0 Å². The van der Waals surface area contributed by atoms with E-state index >= 15 is 0 Å². The zero-order valence-electron chi connectivity index (χ0n) is 6.21. The highest BCUT2D eigenvalue weighted by molar-refractivity contribution is 6.30. The third-order valence-corrected chi connectivity index (χ3v) is 1.70. The van der Waals surface area contributed by atoms with Crippen molar-refractivity contribution in [2.24, 2.45) is 0 Å². The first-order chi connectivity index (χ1) is 5.77. The van der Waals surface area contributed by atoms with Crippen LogP contribution in [0.25, 0.3) is 0 Å². The molecule has 0 atom stereocenters. The van der Waals surface area contributed by atoms with Gasteiger partial charge in [0.15, 0.2) is 0 Å². The SMILES string of the molecule is N#CCc1ccc(Cl)cc1C#N. The largest absolute Gasteiger partial charge is 0.198 e. The van der Waals surface area contributed by atoms with E-state index in [0.717, 1.165) is 5.56 Å². The number of hydrogen-bond acceptors (Lipinski definition) is 2. The minimum absolute atomic E-state index is 0.250. The molecule has 0 spiro atoms. The predicted octanol–water partition coefficient (Wildman–Crippen LogP) is 2.28. The van der Waals surface area contributed by atoms with Gasteiger partial charge < -0.3 is 0 Å². The molecule has 0 saturated carbocycles. The minimum Gasteiger partial charge on any atom is -0.198 e. The van der Waals surface area contributed by atoms with Gasteiger partial charge >= 0.3 is 0 Å². The van der Waals surface area contributed by atoms with Crippen molar-refractivity contribution < 1.29 is 0 Å². The fourth-order valence-corrected chi connectivity index (χ4v) is 1.06. The standard InChI is InChI=1S/C9H5ClN2/c10-9-2-1-7(3-4-11)8(5-9)6-12/h1-2,5H,3H2. The Bertz CT molecular complexity index is 371. The van der Waals surface area contributed by atoms with E-state index in [0.29, 0.717) is 10.6 Å². The number of benzene rings is 1. The molecule has 0 N–H and O–H groups in total. The van der Waals surface area contributed by atoms with Crippen LogP contribution in [0.5, 0.6) is 0 Å². The summed E-state index contributed by atoms with van der Waals surface area (Å²) in [6.45, 7) is 0. The van der Waals surface area contributed by atoms with E-state index in [1.165, 1.54) is 0 Å². The number of rotatable bonds is 1. The second kappa shape index (κ2) is 3.76. The summed E-state index contributed by atoms with van der Waals surface area (Å²) < 4.78 is 0. The zero-order chi connectivity index (χ0) is 8.97. The van der Waals surface area contributed by atoms with Crippen LogP contribution in [0.2, 0.25) is 5.02 Å². The highest BCUT2D eigenvalue weighted by Gasteiger charge is 2.01. The molecule has 0 unspecified atom stereocenters. The lowest BCUT2D eigenvalue weighted by atomic mass is 10.1. The van der Waals surface area contributed by atoms with Crippen LogP contribution < -0.4 is 0 Å². The maximum Gasteiger partial charge on any atom is 0.0995 e. The molecule has 0 saturated heterocycles. The Morgan fingerprint density at radius 3 is 2.67 bits per heavy atom. The van der Waals surface area contributed by atoms with E-state index in [9.17, 15) is 0 Å². The molecule has 0 heterocycles. The summed E-state index contributed by atoms with van der Waals surface area (Å²) in [6, 6.07) is 8.91. The molecule has 2 nitrogen and oxygen atoms in total. The quantitative estimate of drug-likeness (QED) is 0.659. The lowest BCUT2D eigenvalue weighted by Gasteiger charge is -1.97. The Morgan fingerprint density at radius 1 is 1.33 bits per heavy atom. The maximum atomic E-state index is 8.65. The van der Waals surface area contributed by atoms with Gasteiger partial charge in [0.05, 0.1) is 24.1 Å². The summed E-state index contributed by atoms with van der Waals surface area (Å²) in [5.74, 6) is 0. The van der Waals surface area contributed by atoms with E-state index in [2.05, 4.69) is 0 Å². The monoisotopic (exact) mass is 176 g/mol. The van der Waals surface area contributed by atoms with Crippen molar-refractivity contribution in [2.45, 2.75) is 6.42 Å². The van der Waals surface area contributed by atoms with Gasteiger partial charge in [0.1, 0.15) is 0 Å². The Kier molecular flexibility index (Phi) is 2.69. The van der Waals surface area contributed by atoms with Crippen LogP contribution in [0, 0.1) is 22.7 Å². The zero-order valence-corrected chi connectivity index (χ0v) is 6.97. The van der Waals surface area contributed by atoms with Crippen LogP contribution in [-0.4, -0.2) is 0 Å². The third kappa shape index (κ3) is 1.75. The first-order valence-electron chi connectivity index (χ1n) is 3.33. The van der Waals surface area contributed by atoms with Crippen molar-refractivity contribution in [3.8, 4) is 12.1 Å². The second-order valence-electron chi connectivity index (χ2n) is 2.25. The van der Waals surface area contributed by atoms with Crippen molar-refractivity contribution in [3.05, 3.63) is 34.3 Å². The number of nitriles is 2. The first kappa shape index (κ1) is 8.59. The number of nitrogens with zero attached hydrogens (tertiary/aromatic N) is 2. The van der Waals surface area contributed by atoms with Gasteiger partial charge in [-0.1, -0.05) is 17.7 Å². The predicted molar refractivity (Wildman–Crippen MR) is 45.5 cm³/mol. The normalized spacial score (nSPS) is 8.58. The molecule has 0 aromatic heterocycles. The lowest BCUT2D eigenvalue weighted by molar-refractivity contribution is 1.24. The minimum atomic E-state index is 0.250. The molecule has 0 aliphatic rings. The van der Waals surface area contributed by atoms with Crippen LogP contribution in [0.1, 0.15) is 11.1 Å². The highest BCUT2D eigenvalue weighted by Crippen LogP contribution is 2.15. The summed E-state index contributed by atoms with van der Waals surface area (Å²) in [4.78, 5) is 0. The summed E-state index contributed by atoms with van der Waals surface area (Å²) in [6.07, 6.45) is 0.250. The molecule has 0 fully saturated rings. The molecule has 3 heteroatoms. The Labute approximate surface area is 75.6 Å². The molecule has 0 bridgehead atoms. The number of hydrogen-bond donors (Lipinski definition) is 0. The fourth-order valence-electron chi connectivity index (χ4n) is 0.892. The fraction of sp³-hybridized carbons (Fsp3) is 0.111. The topological polar surface area (TPSA) is 47.6 Å². The molecular weight excluding hydrogens is 172 g/mol. The highest BCUT2D eigenvalue weighted by atomic mass is 35.5. The molecule has 1 aromatic carbocycles. The van der Waals surface area contributed by atoms with Gasteiger partial charge in [-0.05, 0) is 17.7 Å². The van der Waals surface area contributed by atoms with Gasteiger partial charge in [-0.2, -0.15) is 10.5 Å². The van der Waals surface area contributed by atoms with E-state index in [1.54, 1.807) is 18.2 Å². The van der Waals surface area contributed by atoms with Crippen LogP contribution in [0.4, 0.5) is 0 Å². The molecular formula is C9H5ClN2. The van der Waals surface area contributed by atoms with Crippen LogP contribution in [0.15, 0.2) is 18.2 Å². The Morgan fingerprint density at radius 2 is 2.08 bits per heavy atom. The van der Waals surface area contributed by atoms with Gasteiger partial charge in [-0.25, -0.2) is 0 Å². The molecule has 0 amide bonds. The summed E-state index contributed by atoms with van der Waals surface area (Å²) in [7, 11) is 0. The van der Waals surface area contributed by atoms with E-state index in [1.807, 2.05) is 12.1 Å². The summed E-state index contributed by atoms with van der Waals surface area (Å²) in [5.41, 5.74) is 1.20. The van der Waals surface area contributed by atoms with Crippen molar-refractivity contribution in [3.63, 3.8) is 0 Å². The van der Waals surface area contributed by atoms with Crippen LogP contribution in [0.3, 0.4) is 0 Å². The molecule has 12 heavy (non-hydrogen) atoms. The van der Waals surface area contributed by atoms with Gasteiger partial charge in [0.25, 0.3) is 0 Å². The van der Waals surface area contributed by atoms with Crippen LogP contribution in [-0.2, 0) is 6.42 Å². The molecule has 0 aliphatic carbocycles. The Hall–Kier alpha value is -1.51. The van der Waals surface area contributed by atoms with Crippen LogP contribution >= 0.6 is 11.6 Å². The average Bonchev–Trinajstić information content (AvgIpc) is 2.08.